The number of hydrogen-bond donors (Lipinski definition) is 2. The number of fused-ring (bicyclic) bond motifs is 1. The number of sulfonamides is 1. The lowest BCUT2D eigenvalue weighted by Crippen LogP contribution is -2.34. The van der Waals surface area contributed by atoms with Gasteiger partial charge in [0.2, 0.25) is 21.9 Å². The summed E-state index contributed by atoms with van der Waals surface area (Å²) in [4.78, 5) is 35.0. The van der Waals surface area contributed by atoms with E-state index in [0.29, 0.717) is 24.6 Å². The minimum Gasteiger partial charge on any atom is -0.342 e. The standard InChI is InChI=1S/C21H27N5O4S/c1-14(18-13-20(28)23-21(22-18)25-9-3-4-10-25)24-31(29,30)17-7-8-19-16(12-17)6-5-11-26(19)15(2)27/h7-8,12-14,24H,3-6,9-11H2,1-2H3,(H,22,23,28)/t14-/m1/s1. The van der Waals surface area contributed by atoms with Crippen LogP contribution in [0.25, 0.3) is 0 Å². The topological polar surface area (TPSA) is 115 Å². The van der Waals surface area contributed by atoms with Crippen LogP contribution in [0.3, 0.4) is 0 Å². The summed E-state index contributed by atoms with van der Waals surface area (Å²) < 4.78 is 28.7. The molecule has 1 atom stereocenters. The molecule has 2 aliphatic heterocycles. The Labute approximate surface area is 181 Å². The van der Waals surface area contributed by atoms with E-state index >= 15 is 0 Å². The first-order chi connectivity index (χ1) is 14.7. The second-order valence-corrected chi connectivity index (χ2v) is 9.81. The molecular weight excluding hydrogens is 418 g/mol. The van der Waals surface area contributed by atoms with Gasteiger partial charge >= 0.3 is 0 Å². The van der Waals surface area contributed by atoms with Gasteiger partial charge in [0.25, 0.3) is 5.56 Å². The van der Waals surface area contributed by atoms with Gasteiger partial charge in [0, 0.05) is 38.3 Å². The molecule has 2 aliphatic rings. The van der Waals surface area contributed by atoms with Crippen molar-refractivity contribution in [1.82, 2.24) is 14.7 Å². The summed E-state index contributed by atoms with van der Waals surface area (Å²) in [5, 5.41) is 0. The highest BCUT2D eigenvalue weighted by Crippen LogP contribution is 2.30. The van der Waals surface area contributed by atoms with E-state index in [4.69, 9.17) is 0 Å². The zero-order valence-electron chi connectivity index (χ0n) is 17.7. The first-order valence-electron chi connectivity index (χ1n) is 10.5. The smallest absolute Gasteiger partial charge is 0.252 e. The Hall–Kier alpha value is -2.72. The fourth-order valence-electron chi connectivity index (χ4n) is 4.19. The Morgan fingerprint density at radius 3 is 2.61 bits per heavy atom. The number of carbonyl (C=O) groups is 1. The molecule has 1 fully saturated rings. The minimum atomic E-state index is -3.84. The molecular formula is C21H27N5O4S. The molecule has 10 heteroatoms. The molecule has 2 N–H and O–H groups in total. The summed E-state index contributed by atoms with van der Waals surface area (Å²) in [5.41, 5.74) is 1.66. The molecule has 0 saturated carbocycles. The average molecular weight is 446 g/mol. The van der Waals surface area contributed by atoms with E-state index in [1.54, 1.807) is 24.0 Å². The lowest BCUT2D eigenvalue weighted by Gasteiger charge is -2.29. The summed E-state index contributed by atoms with van der Waals surface area (Å²) in [6.45, 7) is 5.45. The first kappa shape index (κ1) is 21.5. The van der Waals surface area contributed by atoms with E-state index in [9.17, 15) is 18.0 Å². The van der Waals surface area contributed by atoms with E-state index in [2.05, 4.69) is 14.7 Å². The Morgan fingerprint density at radius 1 is 1.16 bits per heavy atom. The third kappa shape index (κ3) is 4.49. The molecule has 0 spiro atoms. The molecule has 1 amide bonds. The number of aromatic amines is 1. The largest absolute Gasteiger partial charge is 0.342 e. The molecule has 4 rings (SSSR count). The Kier molecular flexibility index (Phi) is 5.85. The SMILES string of the molecule is CC(=O)N1CCCc2cc(S(=O)(=O)N[C@H](C)c3cc(=O)[nH]c(N4CCCC4)n3)ccc21. The average Bonchev–Trinajstić information content (AvgIpc) is 3.27. The van der Waals surface area contributed by atoms with Gasteiger partial charge in [-0.25, -0.2) is 18.1 Å². The number of carbonyl (C=O) groups excluding carboxylic acids is 1. The van der Waals surface area contributed by atoms with Gasteiger partial charge in [-0.15, -0.1) is 0 Å². The molecule has 1 aromatic carbocycles. The number of H-pyrrole nitrogens is 1. The predicted octanol–water partition coefficient (Wildman–Crippen LogP) is 1.71. The van der Waals surface area contributed by atoms with Crippen LogP contribution in [0.2, 0.25) is 0 Å². The molecule has 3 heterocycles. The summed E-state index contributed by atoms with van der Waals surface area (Å²) in [6.07, 6.45) is 3.58. The molecule has 1 saturated heterocycles. The molecule has 9 nitrogen and oxygen atoms in total. The highest BCUT2D eigenvalue weighted by molar-refractivity contribution is 7.89. The van der Waals surface area contributed by atoms with Crippen LogP contribution in [0.5, 0.6) is 0 Å². The highest BCUT2D eigenvalue weighted by atomic mass is 32.2. The van der Waals surface area contributed by atoms with Gasteiger partial charge in [0.1, 0.15) is 0 Å². The number of hydrogen-bond acceptors (Lipinski definition) is 6. The maximum atomic E-state index is 13.0. The van der Waals surface area contributed by atoms with Crippen LogP contribution in [0, 0.1) is 0 Å². The maximum Gasteiger partial charge on any atom is 0.252 e. The van der Waals surface area contributed by atoms with Gasteiger partial charge in [0.05, 0.1) is 16.6 Å². The van der Waals surface area contributed by atoms with Crippen LogP contribution in [-0.2, 0) is 21.2 Å². The normalized spacial score (nSPS) is 17.5. The summed E-state index contributed by atoms with van der Waals surface area (Å²) in [6, 6.07) is 5.46. The summed E-state index contributed by atoms with van der Waals surface area (Å²) in [5.74, 6) is 0.418. The number of amides is 1. The monoisotopic (exact) mass is 445 g/mol. The quantitative estimate of drug-likeness (QED) is 0.724. The number of aromatic nitrogens is 2. The van der Waals surface area contributed by atoms with Gasteiger partial charge in [-0.1, -0.05) is 0 Å². The van der Waals surface area contributed by atoms with Crippen molar-refractivity contribution in [3.63, 3.8) is 0 Å². The van der Waals surface area contributed by atoms with Crippen LogP contribution in [0.4, 0.5) is 11.6 Å². The number of rotatable bonds is 5. The van der Waals surface area contributed by atoms with Crippen molar-refractivity contribution in [3.05, 3.63) is 45.9 Å². The first-order valence-corrected chi connectivity index (χ1v) is 12.0. The van der Waals surface area contributed by atoms with Crippen molar-refractivity contribution in [3.8, 4) is 0 Å². The van der Waals surface area contributed by atoms with E-state index in [1.165, 1.54) is 19.1 Å². The lowest BCUT2D eigenvalue weighted by atomic mass is 10.0. The zero-order valence-corrected chi connectivity index (χ0v) is 18.5. The molecule has 0 aliphatic carbocycles. The van der Waals surface area contributed by atoms with Gasteiger partial charge in [-0.2, -0.15) is 0 Å². The van der Waals surface area contributed by atoms with Crippen molar-refractivity contribution in [2.24, 2.45) is 0 Å². The van der Waals surface area contributed by atoms with Crippen LogP contribution in [0.1, 0.15) is 50.4 Å². The fraction of sp³-hybridized carbons (Fsp3) is 0.476. The Bertz CT molecular complexity index is 1150. The Morgan fingerprint density at radius 2 is 1.90 bits per heavy atom. The van der Waals surface area contributed by atoms with Crippen LogP contribution < -0.4 is 20.1 Å². The van der Waals surface area contributed by atoms with Gasteiger partial charge in [-0.05, 0) is 56.4 Å². The van der Waals surface area contributed by atoms with Crippen molar-refractivity contribution in [1.29, 1.82) is 0 Å². The summed E-state index contributed by atoms with van der Waals surface area (Å²) in [7, 11) is -3.84. The Balaban J connectivity index is 1.58. The summed E-state index contributed by atoms with van der Waals surface area (Å²) >= 11 is 0. The number of nitrogens with one attached hydrogen (secondary N) is 2. The van der Waals surface area contributed by atoms with Crippen LogP contribution >= 0.6 is 0 Å². The lowest BCUT2D eigenvalue weighted by molar-refractivity contribution is -0.116. The van der Waals surface area contributed by atoms with E-state index in [1.807, 2.05) is 4.90 Å². The van der Waals surface area contributed by atoms with Gasteiger partial charge in [0.15, 0.2) is 0 Å². The predicted molar refractivity (Wildman–Crippen MR) is 118 cm³/mol. The maximum absolute atomic E-state index is 13.0. The second kappa shape index (κ2) is 8.43. The van der Waals surface area contributed by atoms with E-state index in [0.717, 1.165) is 43.6 Å². The number of benzene rings is 1. The van der Waals surface area contributed by atoms with Crippen molar-refractivity contribution in [2.45, 2.75) is 50.5 Å². The van der Waals surface area contributed by atoms with Crippen molar-refractivity contribution < 1.29 is 13.2 Å². The second-order valence-electron chi connectivity index (χ2n) is 8.10. The molecule has 0 unspecified atom stereocenters. The third-order valence-electron chi connectivity index (χ3n) is 5.79. The van der Waals surface area contributed by atoms with Crippen molar-refractivity contribution >= 4 is 27.6 Å². The van der Waals surface area contributed by atoms with Crippen molar-refractivity contribution in [2.75, 3.05) is 29.4 Å². The van der Waals surface area contributed by atoms with Gasteiger partial charge in [-0.3, -0.25) is 14.6 Å². The molecule has 0 bridgehead atoms. The zero-order chi connectivity index (χ0) is 22.2. The van der Waals surface area contributed by atoms with E-state index < -0.39 is 16.1 Å². The molecule has 2 aromatic rings. The molecule has 1 aromatic heterocycles. The fourth-order valence-corrected chi connectivity index (χ4v) is 5.46. The minimum absolute atomic E-state index is 0.0579. The highest BCUT2D eigenvalue weighted by Gasteiger charge is 2.25. The molecule has 166 valence electrons. The number of aryl methyl sites for hydroxylation is 1. The number of nitrogens with zero attached hydrogens (tertiary/aromatic N) is 3. The molecule has 0 radical (unpaired) electrons. The van der Waals surface area contributed by atoms with E-state index in [-0.39, 0.29) is 16.4 Å². The van der Waals surface area contributed by atoms with Crippen LogP contribution in [-0.4, -0.2) is 43.9 Å². The third-order valence-corrected chi connectivity index (χ3v) is 7.33. The number of anilines is 2. The van der Waals surface area contributed by atoms with Crippen LogP contribution in [0.15, 0.2) is 34.0 Å². The van der Waals surface area contributed by atoms with Gasteiger partial charge < -0.3 is 9.80 Å². The molecule has 31 heavy (non-hydrogen) atoms.